The molecular weight excluding hydrogens is 256 g/mol. The molecule has 1 saturated heterocycles. The van der Waals surface area contributed by atoms with Gasteiger partial charge in [0.25, 0.3) is 10.2 Å². The SMILES string of the molecule is CC1CCCCN1S(=O)(=O)NCCCC(N)=NO. The summed E-state index contributed by atoms with van der Waals surface area (Å²) in [6, 6.07) is 0.0559. The maximum Gasteiger partial charge on any atom is 0.279 e. The van der Waals surface area contributed by atoms with Gasteiger partial charge >= 0.3 is 0 Å². The van der Waals surface area contributed by atoms with Gasteiger partial charge in [0, 0.05) is 25.6 Å². The molecule has 0 saturated carbocycles. The highest BCUT2D eigenvalue weighted by molar-refractivity contribution is 7.87. The zero-order chi connectivity index (χ0) is 13.6. The van der Waals surface area contributed by atoms with Crippen molar-refractivity contribution < 1.29 is 13.6 Å². The summed E-state index contributed by atoms with van der Waals surface area (Å²) < 4.78 is 28.1. The first-order chi connectivity index (χ1) is 8.47. The Balaban J connectivity index is 2.39. The van der Waals surface area contributed by atoms with Gasteiger partial charge in [-0.2, -0.15) is 12.7 Å². The van der Waals surface area contributed by atoms with Crippen molar-refractivity contribution in [1.29, 1.82) is 0 Å². The van der Waals surface area contributed by atoms with Crippen LogP contribution >= 0.6 is 0 Å². The van der Waals surface area contributed by atoms with Crippen molar-refractivity contribution in [3.63, 3.8) is 0 Å². The summed E-state index contributed by atoms with van der Waals surface area (Å²) in [5.41, 5.74) is 5.30. The number of hydrogen-bond acceptors (Lipinski definition) is 4. The van der Waals surface area contributed by atoms with Gasteiger partial charge in [0.2, 0.25) is 0 Å². The third-order valence-electron chi connectivity index (χ3n) is 3.07. The Morgan fingerprint density at radius 2 is 2.28 bits per heavy atom. The first-order valence-electron chi connectivity index (χ1n) is 6.20. The predicted octanol–water partition coefficient (Wildman–Crippen LogP) is 0.222. The molecule has 0 aliphatic carbocycles. The third kappa shape index (κ3) is 4.43. The molecule has 1 aliphatic heterocycles. The molecule has 7 nitrogen and oxygen atoms in total. The summed E-state index contributed by atoms with van der Waals surface area (Å²) in [6.45, 7) is 2.80. The Morgan fingerprint density at radius 3 is 2.89 bits per heavy atom. The number of piperidine rings is 1. The average molecular weight is 278 g/mol. The number of nitrogens with zero attached hydrogens (tertiary/aromatic N) is 2. The van der Waals surface area contributed by atoms with Crippen LogP contribution in [-0.4, -0.2) is 42.9 Å². The molecule has 1 aliphatic rings. The molecule has 0 amide bonds. The Kier molecular flexibility index (Phi) is 5.83. The molecule has 8 heteroatoms. The summed E-state index contributed by atoms with van der Waals surface area (Å²) in [4.78, 5) is 0. The van der Waals surface area contributed by atoms with Crippen molar-refractivity contribution in [2.45, 2.75) is 45.1 Å². The van der Waals surface area contributed by atoms with Crippen LogP contribution in [0.2, 0.25) is 0 Å². The fourth-order valence-corrected chi connectivity index (χ4v) is 3.55. The topological polar surface area (TPSA) is 108 Å². The minimum absolute atomic E-state index is 0.0559. The van der Waals surface area contributed by atoms with Crippen LogP contribution in [0.1, 0.15) is 39.0 Å². The first-order valence-corrected chi connectivity index (χ1v) is 7.64. The molecule has 18 heavy (non-hydrogen) atoms. The van der Waals surface area contributed by atoms with Crippen LogP contribution < -0.4 is 10.5 Å². The largest absolute Gasteiger partial charge is 0.409 e. The van der Waals surface area contributed by atoms with E-state index in [0.717, 1.165) is 19.3 Å². The molecule has 1 atom stereocenters. The van der Waals surface area contributed by atoms with E-state index in [-0.39, 0.29) is 11.9 Å². The van der Waals surface area contributed by atoms with Crippen molar-refractivity contribution >= 4 is 16.0 Å². The second kappa shape index (κ2) is 6.91. The van der Waals surface area contributed by atoms with E-state index in [1.807, 2.05) is 6.92 Å². The molecule has 0 spiro atoms. The molecule has 0 aromatic heterocycles. The molecule has 4 N–H and O–H groups in total. The van der Waals surface area contributed by atoms with E-state index in [1.165, 1.54) is 4.31 Å². The number of rotatable bonds is 6. The lowest BCUT2D eigenvalue weighted by Gasteiger charge is -2.32. The zero-order valence-corrected chi connectivity index (χ0v) is 11.5. The second-order valence-corrected chi connectivity index (χ2v) is 6.26. The van der Waals surface area contributed by atoms with Crippen LogP contribution in [0.4, 0.5) is 0 Å². The Bertz CT molecular complexity index is 383. The van der Waals surface area contributed by atoms with E-state index in [0.29, 0.717) is 25.9 Å². The van der Waals surface area contributed by atoms with E-state index < -0.39 is 10.2 Å². The highest BCUT2D eigenvalue weighted by Gasteiger charge is 2.28. The molecular formula is C10H22N4O3S. The van der Waals surface area contributed by atoms with E-state index in [2.05, 4.69) is 9.88 Å². The maximum atomic E-state index is 12.0. The second-order valence-electron chi connectivity index (χ2n) is 4.55. The molecule has 0 radical (unpaired) electrons. The van der Waals surface area contributed by atoms with Gasteiger partial charge in [-0.3, -0.25) is 0 Å². The molecule has 1 unspecified atom stereocenters. The summed E-state index contributed by atoms with van der Waals surface area (Å²) in [5, 5.41) is 11.2. The molecule has 106 valence electrons. The van der Waals surface area contributed by atoms with Crippen LogP contribution in [0.3, 0.4) is 0 Å². The molecule has 1 rings (SSSR count). The van der Waals surface area contributed by atoms with Gasteiger partial charge in [0.15, 0.2) is 0 Å². The first kappa shape index (κ1) is 15.2. The van der Waals surface area contributed by atoms with Crippen LogP contribution in [0.15, 0.2) is 5.16 Å². The lowest BCUT2D eigenvalue weighted by Crippen LogP contribution is -2.48. The summed E-state index contributed by atoms with van der Waals surface area (Å²) in [5.74, 6) is 0.112. The number of oxime groups is 1. The highest BCUT2D eigenvalue weighted by atomic mass is 32.2. The van der Waals surface area contributed by atoms with Crippen LogP contribution in [0.5, 0.6) is 0 Å². The van der Waals surface area contributed by atoms with Crippen LogP contribution in [-0.2, 0) is 10.2 Å². The highest BCUT2D eigenvalue weighted by Crippen LogP contribution is 2.18. The molecule has 1 fully saturated rings. The van der Waals surface area contributed by atoms with Gasteiger partial charge in [0.05, 0.1) is 0 Å². The van der Waals surface area contributed by atoms with Crippen LogP contribution in [0.25, 0.3) is 0 Å². The Morgan fingerprint density at radius 1 is 1.56 bits per heavy atom. The summed E-state index contributed by atoms with van der Waals surface area (Å²) in [7, 11) is -3.40. The van der Waals surface area contributed by atoms with E-state index in [1.54, 1.807) is 0 Å². The Labute approximate surface area is 108 Å². The average Bonchev–Trinajstić information content (AvgIpc) is 2.34. The quantitative estimate of drug-likeness (QED) is 0.212. The molecule has 0 aromatic rings. The Hall–Kier alpha value is -0.860. The minimum Gasteiger partial charge on any atom is -0.409 e. The maximum absolute atomic E-state index is 12.0. The summed E-state index contributed by atoms with van der Waals surface area (Å²) >= 11 is 0. The van der Waals surface area contributed by atoms with Gasteiger partial charge in [0.1, 0.15) is 5.84 Å². The lowest BCUT2D eigenvalue weighted by molar-refractivity contribution is 0.265. The third-order valence-corrected chi connectivity index (χ3v) is 4.80. The van der Waals surface area contributed by atoms with Gasteiger partial charge in [-0.05, 0) is 26.2 Å². The fraction of sp³-hybridized carbons (Fsp3) is 0.900. The predicted molar refractivity (Wildman–Crippen MR) is 69.6 cm³/mol. The van der Waals surface area contributed by atoms with Gasteiger partial charge in [-0.15, -0.1) is 0 Å². The standard InChI is InChI=1S/C10H22N4O3S/c1-9-5-2-3-8-14(9)18(16,17)12-7-4-6-10(11)13-15/h9,12,15H,2-8H2,1H3,(H2,11,13). The smallest absolute Gasteiger partial charge is 0.279 e. The van der Waals surface area contributed by atoms with Crippen LogP contribution in [0, 0.1) is 0 Å². The van der Waals surface area contributed by atoms with E-state index >= 15 is 0 Å². The zero-order valence-electron chi connectivity index (χ0n) is 10.7. The number of amidine groups is 1. The van der Waals surface area contributed by atoms with E-state index in [4.69, 9.17) is 10.9 Å². The van der Waals surface area contributed by atoms with Crippen molar-refractivity contribution in [3.8, 4) is 0 Å². The van der Waals surface area contributed by atoms with Crippen molar-refractivity contribution in [3.05, 3.63) is 0 Å². The normalized spacial score (nSPS) is 23.2. The van der Waals surface area contributed by atoms with E-state index in [9.17, 15) is 8.42 Å². The molecule has 0 aromatic carbocycles. The summed E-state index contributed by atoms with van der Waals surface area (Å²) in [6.07, 6.45) is 3.78. The van der Waals surface area contributed by atoms with Crippen molar-refractivity contribution in [2.75, 3.05) is 13.1 Å². The van der Waals surface area contributed by atoms with Crippen molar-refractivity contribution in [2.24, 2.45) is 10.9 Å². The molecule has 1 heterocycles. The lowest BCUT2D eigenvalue weighted by atomic mass is 10.1. The number of nitrogens with two attached hydrogens (primary N) is 1. The monoisotopic (exact) mass is 278 g/mol. The molecule has 0 bridgehead atoms. The van der Waals surface area contributed by atoms with Gasteiger partial charge < -0.3 is 10.9 Å². The number of nitrogens with one attached hydrogen (secondary N) is 1. The van der Waals surface area contributed by atoms with Gasteiger partial charge in [-0.25, -0.2) is 4.72 Å². The van der Waals surface area contributed by atoms with Crippen molar-refractivity contribution in [1.82, 2.24) is 9.03 Å². The fourth-order valence-electron chi connectivity index (χ4n) is 2.03. The number of hydrogen-bond donors (Lipinski definition) is 3. The minimum atomic E-state index is -3.40. The van der Waals surface area contributed by atoms with Gasteiger partial charge in [-0.1, -0.05) is 11.6 Å².